The van der Waals surface area contributed by atoms with Crippen LogP contribution in [0.4, 0.5) is 0 Å². The van der Waals surface area contributed by atoms with Crippen LogP contribution in [0.3, 0.4) is 0 Å². The van der Waals surface area contributed by atoms with Crippen molar-refractivity contribution >= 4 is 15.9 Å². The number of hydrogen-bond donors (Lipinski definition) is 2. The van der Waals surface area contributed by atoms with Gasteiger partial charge in [-0.05, 0) is 29.8 Å². The SMILES string of the molecule is CC(=O)NS(=O)(=O)c1ccc(-n2ncc(-c3ccc(C#N)cc3)c2O)nc1. The van der Waals surface area contributed by atoms with Crippen LogP contribution in [0.2, 0.25) is 0 Å². The minimum Gasteiger partial charge on any atom is -0.493 e. The molecule has 0 radical (unpaired) electrons. The molecule has 0 saturated heterocycles. The Balaban J connectivity index is 1.93. The van der Waals surface area contributed by atoms with Crippen LogP contribution in [-0.4, -0.2) is 34.2 Å². The highest BCUT2D eigenvalue weighted by molar-refractivity contribution is 7.90. The summed E-state index contributed by atoms with van der Waals surface area (Å²) in [4.78, 5) is 14.8. The van der Waals surface area contributed by atoms with Crippen molar-refractivity contribution < 1.29 is 18.3 Å². The van der Waals surface area contributed by atoms with E-state index in [1.807, 2.05) is 10.8 Å². The number of nitrogens with zero attached hydrogens (tertiary/aromatic N) is 4. The number of nitrogens with one attached hydrogen (secondary N) is 1. The molecule has 9 nitrogen and oxygen atoms in total. The molecule has 10 heteroatoms. The maximum absolute atomic E-state index is 11.9. The number of nitriles is 1. The Morgan fingerprint density at radius 1 is 1.19 bits per heavy atom. The number of amides is 1. The summed E-state index contributed by atoms with van der Waals surface area (Å²) in [6.45, 7) is 1.09. The molecule has 0 fully saturated rings. The molecule has 136 valence electrons. The lowest BCUT2D eigenvalue weighted by atomic mass is 10.1. The van der Waals surface area contributed by atoms with Gasteiger partial charge in [-0.2, -0.15) is 15.0 Å². The standard InChI is InChI=1S/C17H13N5O4S/c1-11(23)21-27(25,26)14-6-7-16(19-9-14)22-17(24)15(10-20-22)13-4-2-12(8-18)3-5-13/h2-7,9-10,24H,1H3,(H,21,23). The zero-order valence-corrected chi connectivity index (χ0v) is 14.8. The Labute approximate surface area is 154 Å². The molecule has 0 aliphatic rings. The lowest BCUT2D eigenvalue weighted by molar-refractivity contribution is -0.117. The van der Waals surface area contributed by atoms with Crippen LogP contribution < -0.4 is 4.72 Å². The van der Waals surface area contributed by atoms with Gasteiger partial charge in [0.2, 0.25) is 11.8 Å². The van der Waals surface area contributed by atoms with Crippen molar-refractivity contribution in [2.75, 3.05) is 0 Å². The van der Waals surface area contributed by atoms with Crippen LogP contribution in [0.25, 0.3) is 16.9 Å². The molecule has 0 bridgehead atoms. The molecule has 2 aromatic heterocycles. The summed E-state index contributed by atoms with van der Waals surface area (Å²) in [6.07, 6.45) is 2.49. The molecular weight excluding hydrogens is 370 g/mol. The Morgan fingerprint density at radius 3 is 2.44 bits per heavy atom. The maximum atomic E-state index is 11.9. The van der Waals surface area contributed by atoms with Crippen molar-refractivity contribution in [3.63, 3.8) is 0 Å². The van der Waals surface area contributed by atoms with Crippen LogP contribution in [-0.2, 0) is 14.8 Å². The van der Waals surface area contributed by atoms with E-state index in [1.165, 1.54) is 18.3 Å². The van der Waals surface area contributed by atoms with E-state index in [0.717, 1.165) is 17.8 Å². The third kappa shape index (κ3) is 3.63. The fourth-order valence-corrected chi connectivity index (χ4v) is 3.28. The topological polar surface area (TPSA) is 138 Å². The summed E-state index contributed by atoms with van der Waals surface area (Å²) in [6, 6.07) is 11.2. The second-order valence-corrected chi connectivity index (χ2v) is 7.18. The number of carbonyl (C=O) groups is 1. The quantitative estimate of drug-likeness (QED) is 0.693. The van der Waals surface area contributed by atoms with Gasteiger partial charge in [0.15, 0.2) is 5.82 Å². The molecule has 3 rings (SSSR count). The van der Waals surface area contributed by atoms with Gasteiger partial charge in [0, 0.05) is 13.1 Å². The van der Waals surface area contributed by atoms with E-state index >= 15 is 0 Å². The minimum absolute atomic E-state index is 0.189. The summed E-state index contributed by atoms with van der Waals surface area (Å²) >= 11 is 0. The largest absolute Gasteiger partial charge is 0.493 e. The number of aromatic hydroxyl groups is 1. The van der Waals surface area contributed by atoms with E-state index < -0.39 is 15.9 Å². The monoisotopic (exact) mass is 383 g/mol. The predicted molar refractivity (Wildman–Crippen MR) is 94.2 cm³/mol. The second kappa shape index (κ2) is 6.89. The van der Waals surface area contributed by atoms with Crippen molar-refractivity contribution in [3.05, 3.63) is 54.4 Å². The molecule has 0 saturated carbocycles. The third-order valence-corrected chi connectivity index (χ3v) is 5.01. The van der Waals surface area contributed by atoms with Gasteiger partial charge in [-0.15, -0.1) is 0 Å². The Kier molecular flexibility index (Phi) is 4.62. The summed E-state index contributed by atoms with van der Waals surface area (Å²) in [7, 11) is -3.99. The smallest absolute Gasteiger partial charge is 0.265 e. The highest BCUT2D eigenvalue weighted by Crippen LogP contribution is 2.30. The fraction of sp³-hybridized carbons (Fsp3) is 0.0588. The lowest BCUT2D eigenvalue weighted by Crippen LogP contribution is -2.28. The van der Waals surface area contributed by atoms with Crippen LogP contribution in [0.15, 0.2) is 53.7 Å². The van der Waals surface area contributed by atoms with E-state index in [-0.39, 0.29) is 16.6 Å². The molecule has 0 aliphatic heterocycles. The van der Waals surface area contributed by atoms with Crippen molar-refractivity contribution in [2.45, 2.75) is 11.8 Å². The predicted octanol–water partition coefficient (Wildman–Crippen LogP) is 1.34. The van der Waals surface area contributed by atoms with E-state index in [4.69, 9.17) is 5.26 Å². The van der Waals surface area contributed by atoms with Gasteiger partial charge in [0.05, 0.1) is 23.4 Å². The zero-order chi connectivity index (χ0) is 19.6. The number of pyridine rings is 1. The molecule has 0 spiro atoms. The van der Waals surface area contributed by atoms with Crippen molar-refractivity contribution in [1.82, 2.24) is 19.5 Å². The summed E-state index contributed by atoms with van der Waals surface area (Å²) in [5, 5.41) is 23.3. The van der Waals surface area contributed by atoms with Gasteiger partial charge in [0.25, 0.3) is 10.0 Å². The van der Waals surface area contributed by atoms with E-state index in [9.17, 15) is 18.3 Å². The number of hydrogen-bond acceptors (Lipinski definition) is 7. The molecule has 2 heterocycles. The molecule has 0 unspecified atom stereocenters. The van der Waals surface area contributed by atoms with Crippen LogP contribution >= 0.6 is 0 Å². The fourth-order valence-electron chi connectivity index (χ4n) is 2.34. The average molecular weight is 383 g/mol. The van der Waals surface area contributed by atoms with Gasteiger partial charge in [-0.3, -0.25) is 4.79 Å². The molecule has 27 heavy (non-hydrogen) atoms. The molecule has 0 atom stereocenters. The summed E-state index contributed by atoms with van der Waals surface area (Å²) < 4.78 is 26.8. The Hall–Kier alpha value is -3.71. The normalized spacial score (nSPS) is 11.0. The van der Waals surface area contributed by atoms with E-state index in [1.54, 1.807) is 24.3 Å². The van der Waals surface area contributed by atoms with Gasteiger partial charge < -0.3 is 5.11 Å². The summed E-state index contributed by atoms with van der Waals surface area (Å²) in [5.41, 5.74) is 1.57. The first-order valence-electron chi connectivity index (χ1n) is 7.59. The molecule has 3 aromatic rings. The van der Waals surface area contributed by atoms with Gasteiger partial charge >= 0.3 is 0 Å². The van der Waals surface area contributed by atoms with E-state index in [0.29, 0.717) is 16.7 Å². The molecule has 0 aliphatic carbocycles. The second-order valence-electron chi connectivity index (χ2n) is 5.50. The van der Waals surface area contributed by atoms with Crippen molar-refractivity contribution in [2.24, 2.45) is 0 Å². The minimum atomic E-state index is -3.99. The Morgan fingerprint density at radius 2 is 1.89 bits per heavy atom. The molecule has 1 amide bonds. The van der Waals surface area contributed by atoms with Gasteiger partial charge in [-0.25, -0.2) is 18.1 Å². The van der Waals surface area contributed by atoms with Crippen LogP contribution in [0, 0.1) is 11.3 Å². The van der Waals surface area contributed by atoms with Crippen LogP contribution in [0.5, 0.6) is 5.88 Å². The van der Waals surface area contributed by atoms with Crippen molar-refractivity contribution in [3.8, 4) is 28.9 Å². The van der Waals surface area contributed by atoms with Gasteiger partial charge in [0.1, 0.15) is 4.90 Å². The molecule has 1 aromatic carbocycles. The molecule has 2 N–H and O–H groups in total. The first kappa shape index (κ1) is 18.1. The zero-order valence-electron chi connectivity index (χ0n) is 14.0. The number of benzene rings is 1. The first-order chi connectivity index (χ1) is 12.8. The molecular formula is C17H13N5O4S. The van der Waals surface area contributed by atoms with E-state index in [2.05, 4.69) is 10.1 Å². The maximum Gasteiger partial charge on any atom is 0.265 e. The number of carbonyl (C=O) groups excluding carboxylic acids is 1. The number of aromatic nitrogens is 3. The van der Waals surface area contributed by atoms with Gasteiger partial charge in [-0.1, -0.05) is 12.1 Å². The first-order valence-corrected chi connectivity index (χ1v) is 9.07. The average Bonchev–Trinajstić information content (AvgIpc) is 3.02. The van der Waals surface area contributed by atoms with Crippen molar-refractivity contribution in [1.29, 1.82) is 5.26 Å². The highest BCUT2D eigenvalue weighted by atomic mass is 32.2. The Bertz CT molecular complexity index is 1140. The van der Waals surface area contributed by atoms with Crippen LogP contribution in [0.1, 0.15) is 12.5 Å². The summed E-state index contributed by atoms with van der Waals surface area (Å²) in [5.74, 6) is -0.713. The number of sulfonamides is 1. The highest BCUT2D eigenvalue weighted by Gasteiger charge is 2.18. The third-order valence-electron chi connectivity index (χ3n) is 3.59. The lowest BCUT2D eigenvalue weighted by Gasteiger charge is -2.06. The number of rotatable bonds is 4.